The van der Waals surface area contributed by atoms with Crippen molar-refractivity contribution in [1.82, 2.24) is 10.6 Å². The van der Waals surface area contributed by atoms with E-state index in [4.69, 9.17) is 10.5 Å². The summed E-state index contributed by atoms with van der Waals surface area (Å²) >= 11 is 0. The molecule has 1 aliphatic rings. The van der Waals surface area contributed by atoms with E-state index in [0.717, 1.165) is 48.1 Å². The second kappa shape index (κ2) is 12.8. The van der Waals surface area contributed by atoms with Crippen LogP contribution < -0.4 is 16.4 Å². The normalized spacial score (nSPS) is 18.1. The second-order valence-corrected chi connectivity index (χ2v) is 11.6. The van der Waals surface area contributed by atoms with Gasteiger partial charge in [0.15, 0.2) is 0 Å². The molecule has 4 rings (SSSR count). The Morgan fingerprint density at radius 2 is 1.59 bits per heavy atom. The molecule has 3 aromatic rings. The van der Waals surface area contributed by atoms with E-state index in [-0.39, 0.29) is 24.0 Å². The summed E-state index contributed by atoms with van der Waals surface area (Å²) in [5.41, 5.74) is 10.6. The molecule has 0 spiro atoms. The zero-order chi connectivity index (χ0) is 27.8. The van der Waals surface area contributed by atoms with Gasteiger partial charge in [-0.1, -0.05) is 60.7 Å². The molecule has 39 heavy (non-hydrogen) atoms. The quantitative estimate of drug-likeness (QED) is 0.285. The number of nitrogen functional groups attached to an aromatic ring is 1. The summed E-state index contributed by atoms with van der Waals surface area (Å²) in [4.78, 5) is 25.5. The van der Waals surface area contributed by atoms with Crippen molar-refractivity contribution >= 4 is 17.7 Å². The van der Waals surface area contributed by atoms with Gasteiger partial charge in [-0.15, -0.1) is 0 Å². The van der Waals surface area contributed by atoms with Crippen LogP contribution in [0.3, 0.4) is 0 Å². The number of anilines is 1. The number of hydrogen-bond donors (Lipinski definition) is 3. The highest BCUT2D eigenvalue weighted by Crippen LogP contribution is 2.31. The van der Waals surface area contributed by atoms with E-state index >= 15 is 0 Å². The van der Waals surface area contributed by atoms with E-state index in [1.165, 1.54) is 5.56 Å². The molecule has 1 aliphatic carbocycles. The minimum Gasteiger partial charge on any atom is -0.444 e. The van der Waals surface area contributed by atoms with Gasteiger partial charge in [0.25, 0.3) is 0 Å². The molecule has 2 amide bonds. The van der Waals surface area contributed by atoms with Gasteiger partial charge in [0.05, 0.1) is 6.04 Å². The SMILES string of the molecule is CC(C)(C)OC(=O)NCC1CCC(C(=O)NC(Cc2ccccc2)c2cccc(-c3ccc(N)cc3)c2)CC1. The van der Waals surface area contributed by atoms with E-state index < -0.39 is 5.60 Å². The number of amides is 2. The van der Waals surface area contributed by atoms with Gasteiger partial charge in [-0.25, -0.2) is 4.79 Å². The van der Waals surface area contributed by atoms with Gasteiger partial charge in [-0.2, -0.15) is 0 Å². The van der Waals surface area contributed by atoms with Crippen molar-refractivity contribution < 1.29 is 14.3 Å². The summed E-state index contributed by atoms with van der Waals surface area (Å²) in [6.07, 6.45) is 3.78. The second-order valence-electron chi connectivity index (χ2n) is 11.6. The van der Waals surface area contributed by atoms with Crippen molar-refractivity contribution in [3.8, 4) is 11.1 Å². The average Bonchev–Trinajstić information content (AvgIpc) is 2.92. The van der Waals surface area contributed by atoms with E-state index in [1.807, 2.05) is 69.3 Å². The van der Waals surface area contributed by atoms with Gasteiger partial charge < -0.3 is 21.1 Å². The molecule has 0 saturated heterocycles. The first-order chi connectivity index (χ1) is 18.7. The number of nitrogens with one attached hydrogen (secondary N) is 2. The molecule has 1 atom stereocenters. The van der Waals surface area contributed by atoms with Crippen molar-refractivity contribution in [3.63, 3.8) is 0 Å². The summed E-state index contributed by atoms with van der Waals surface area (Å²) in [5, 5.41) is 6.27. The first-order valence-corrected chi connectivity index (χ1v) is 13.9. The van der Waals surface area contributed by atoms with Gasteiger partial charge in [0, 0.05) is 18.2 Å². The lowest BCUT2D eigenvalue weighted by Gasteiger charge is -2.30. The number of nitrogens with two attached hydrogens (primary N) is 1. The van der Waals surface area contributed by atoms with Crippen molar-refractivity contribution in [2.45, 2.75) is 64.5 Å². The van der Waals surface area contributed by atoms with Crippen molar-refractivity contribution in [3.05, 3.63) is 90.0 Å². The Kier molecular flexibility index (Phi) is 9.28. The minimum absolute atomic E-state index is 0.0265. The van der Waals surface area contributed by atoms with E-state index in [1.54, 1.807) is 0 Å². The van der Waals surface area contributed by atoms with Crippen LogP contribution in [-0.4, -0.2) is 24.1 Å². The molecule has 1 saturated carbocycles. The Hall–Kier alpha value is -3.80. The summed E-state index contributed by atoms with van der Waals surface area (Å²) in [5.74, 6) is 0.437. The number of alkyl carbamates (subject to hydrolysis) is 1. The van der Waals surface area contributed by atoms with Crippen LogP contribution in [0.4, 0.5) is 10.5 Å². The largest absolute Gasteiger partial charge is 0.444 e. The van der Waals surface area contributed by atoms with Crippen LogP contribution in [0, 0.1) is 11.8 Å². The maximum Gasteiger partial charge on any atom is 0.407 e. The fourth-order valence-corrected chi connectivity index (χ4v) is 5.17. The van der Waals surface area contributed by atoms with Crippen LogP contribution in [0.25, 0.3) is 11.1 Å². The van der Waals surface area contributed by atoms with Crippen LogP contribution in [0.15, 0.2) is 78.9 Å². The third kappa shape index (κ3) is 8.60. The Morgan fingerprint density at radius 1 is 0.897 bits per heavy atom. The fraction of sp³-hybridized carbons (Fsp3) is 0.394. The lowest BCUT2D eigenvalue weighted by Crippen LogP contribution is -2.39. The summed E-state index contributed by atoms with van der Waals surface area (Å²) in [6.45, 7) is 6.15. The van der Waals surface area contributed by atoms with Crippen LogP contribution in [0.5, 0.6) is 0 Å². The fourth-order valence-electron chi connectivity index (χ4n) is 5.17. The lowest BCUT2D eigenvalue weighted by molar-refractivity contribution is -0.127. The van der Waals surface area contributed by atoms with Crippen LogP contribution in [0.2, 0.25) is 0 Å². The highest BCUT2D eigenvalue weighted by molar-refractivity contribution is 5.79. The monoisotopic (exact) mass is 527 g/mol. The zero-order valence-electron chi connectivity index (χ0n) is 23.3. The maximum atomic E-state index is 13.5. The molecule has 0 heterocycles. The van der Waals surface area contributed by atoms with Crippen molar-refractivity contribution in [2.75, 3.05) is 12.3 Å². The maximum absolute atomic E-state index is 13.5. The number of carbonyl (C=O) groups excluding carboxylic acids is 2. The highest BCUT2D eigenvalue weighted by atomic mass is 16.6. The summed E-state index contributed by atoms with van der Waals surface area (Å²) in [7, 11) is 0. The first-order valence-electron chi connectivity index (χ1n) is 13.9. The molecule has 0 aromatic heterocycles. The molecule has 0 aliphatic heterocycles. The minimum atomic E-state index is -0.509. The van der Waals surface area contributed by atoms with Gasteiger partial charge in [-0.3, -0.25) is 4.79 Å². The Labute approximate surface area is 232 Å². The number of ether oxygens (including phenoxy) is 1. The van der Waals surface area contributed by atoms with Gasteiger partial charge in [0.2, 0.25) is 5.91 Å². The third-order valence-electron chi connectivity index (χ3n) is 7.28. The van der Waals surface area contributed by atoms with E-state index in [0.29, 0.717) is 18.9 Å². The summed E-state index contributed by atoms with van der Waals surface area (Å²) in [6, 6.07) is 26.4. The van der Waals surface area contributed by atoms with Crippen molar-refractivity contribution in [2.24, 2.45) is 11.8 Å². The van der Waals surface area contributed by atoms with Gasteiger partial charge >= 0.3 is 6.09 Å². The van der Waals surface area contributed by atoms with E-state index in [2.05, 4.69) is 41.0 Å². The van der Waals surface area contributed by atoms with Crippen molar-refractivity contribution in [1.29, 1.82) is 0 Å². The van der Waals surface area contributed by atoms with Gasteiger partial charge in [-0.05, 0) is 99.2 Å². The standard InChI is InChI=1S/C33H41N3O3/c1-33(2,3)39-32(38)35-22-24-12-14-26(15-13-24)31(37)36-30(20-23-8-5-4-6-9-23)28-11-7-10-27(21-28)25-16-18-29(34)19-17-25/h4-11,16-19,21,24,26,30H,12-15,20,22,34H2,1-3H3,(H,35,38)(H,36,37). The van der Waals surface area contributed by atoms with Crippen LogP contribution >= 0.6 is 0 Å². The molecule has 0 radical (unpaired) electrons. The zero-order valence-corrected chi connectivity index (χ0v) is 23.3. The third-order valence-corrected chi connectivity index (χ3v) is 7.28. The number of hydrogen-bond acceptors (Lipinski definition) is 4. The predicted molar refractivity (Wildman–Crippen MR) is 157 cm³/mol. The molecule has 6 nitrogen and oxygen atoms in total. The van der Waals surface area contributed by atoms with Crippen LogP contribution in [0.1, 0.15) is 63.6 Å². The molecule has 3 aromatic carbocycles. The van der Waals surface area contributed by atoms with Gasteiger partial charge in [0.1, 0.15) is 5.60 Å². The highest BCUT2D eigenvalue weighted by Gasteiger charge is 2.29. The Morgan fingerprint density at radius 3 is 2.26 bits per heavy atom. The molecule has 1 unspecified atom stereocenters. The molecule has 6 heteroatoms. The molecular formula is C33H41N3O3. The van der Waals surface area contributed by atoms with E-state index in [9.17, 15) is 9.59 Å². The molecule has 0 bridgehead atoms. The topological polar surface area (TPSA) is 93.4 Å². The molecule has 206 valence electrons. The Bertz CT molecular complexity index is 1230. The number of benzene rings is 3. The number of carbonyl (C=O) groups is 2. The molecule has 1 fully saturated rings. The first kappa shape index (κ1) is 28.2. The predicted octanol–water partition coefficient (Wildman–Crippen LogP) is 6.67. The lowest BCUT2D eigenvalue weighted by atomic mass is 9.81. The average molecular weight is 528 g/mol. The number of rotatable bonds is 8. The molecule has 4 N–H and O–H groups in total. The molecular weight excluding hydrogens is 486 g/mol. The Balaban J connectivity index is 1.40. The smallest absolute Gasteiger partial charge is 0.407 e. The van der Waals surface area contributed by atoms with Crippen LogP contribution in [-0.2, 0) is 16.0 Å². The summed E-state index contributed by atoms with van der Waals surface area (Å²) < 4.78 is 5.34.